The van der Waals surface area contributed by atoms with E-state index in [1.165, 1.54) is 18.2 Å². The number of phenols is 1. The molecule has 0 spiro atoms. The van der Waals surface area contributed by atoms with Crippen LogP contribution in [0.15, 0.2) is 42.0 Å². The highest BCUT2D eigenvalue weighted by atomic mass is 35.5. The molecular formula is C18H15ClN2O2. The maximum Gasteiger partial charge on any atom is 0.266 e. The second-order valence-corrected chi connectivity index (χ2v) is 5.56. The van der Waals surface area contributed by atoms with Crippen molar-refractivity contribution in [3.05, 3.63) is 63.7 Å². The number of carbonyl (C=O) groups is 1. The van der Waals surface area contributed by atoms with Gasteiger partial charge in [0, 0.05) is 5.69 Å². The summed E-state index contributed by atoms with van der Waals surface area (Å²) < 4.78 is 0. The van der Waals surface area contributed by atoms with E-state index in [2.05, 4.69) is 5.32 Å². The summed E-state index contributed by atoms with van der Waals surface area (Å²) in [6, 6.07) is 12.0. The van der Waals surface area contributed by atoms with Crippen LogP contribution in [0, 0.1) is 25.2 Å². The summed E-state index contributed by atoms with van der Waals surface area (Å²) in [6.45, 7) is 3.85. The number of benzene rings is 2. The minimum absolute atomic E-state index is 0.0493. The van der Waals surface area contributed by atoms with E-state index < -0.39 is 5.91 Å². The number of hydrogen-bond donors (Lipinski definition) is 2. The fourth-order valence-corrected chi connectivity index (χ4v) is 2.26. The molecule has 0 saturated heterocycles. The Morgan fingerprint density at radius 1 is 1.26 bits per heavy atom. The van der Waals surface area contributed by atoms with Gasteiger partial charge in [-0.3, -0.25) is 4.79 Å². The van der Waals surface area contributed by atoms with Crippen LogP contribution >= 0.6 is 11.6 Å². The number of aryl methyl sites for hydroxylation is 2. The Morgan fingerprint density at radius 2 is 2.00 bits per heavy atom. The molecule has 0 aromatic heterocycles. The highest BCUT2D eigenvalue weighted by Crippen LogP contribution is 2.25. The summed E-state index contributed by atoms with van der Waals surface area (Å²) in [6.07, 6.45) is 1.42. The van der Waals surface area contributed by atoms with Crippen molar-refractivity contribution in [2.24, 2.45) is 0 Å². The Kier molecular flexibility index (Phi) is 5.05. The molecule has 0 aliphatic heterocycles. The predicted octanol–water partition coefficient (Wildman–Crippen LogP) is 4.21. The van der Waals surface area contributed by atoms with E-state index >= 15 is 0 Å². The maximum atomic E-state index is 12.3. The normalized spacial score (nSPS) is 11.0. The number of nitrogens with one attached hydrogen (secondary N) is 1. The Bertz CT molecular complexity index is 835. The fraction of sp³-hybridized carbons (Fsp3) is 0.111. The molecule has 2 rings (SSSR count). The quantitative estimate of drug-likeness (QED) is 0.655. The SMILES string of the molecule is Cc1ccc(NC(=O)/C(C#N)=C\c2ccc(O)c(Cl)c2)c(C)c1. The topological polar surface area (TPSA) is 73.1 Å². The fourth-order valence-electron chi connectivity index (χ4n) is 2.07. The van der Waals surface area contributed by atoms with Crippen molar-refractivity contribution >= 4 is 29.3 Å². The lowest BCUT2D eigenvalue weighted by Crippen LogP contribution is -2.14. The minimum Gasteiger partial charge on any atom is -0.506 e. The van der Waals surface area contributed by atoms with Gasteiger partial charge in [0.2, 0.25) is 0 Å². The largest absolute Gasteiger partial charge is 0.506 e. The summed E-state index contributed by atoms with van der Waals surface area (Å²) in [5.74, 6) is -0.550. The zero-order chi connectivity index (χ0) is 17.0. The Balaban J connectivity index is 2.26. The number of hydrogen-bond acceptors (Lipinski definition) is 3. The molecule has 0 aliphatic rings. The van der Waals surface area contributed by atoms with Crippen molar-refractivity contribution < 1.29 is 9.90 Å². The molecule has 23 heavy (non-hydrogen) atoms. The van der Waals surface area contributed by atoms with Crippen LogP contribution in [0.1, 0.15) is 16.7 Å². The van der Waals surface area contributed by atoms with Gasteiger partial charge in [-0.2, -0.15) is 5.26 Å². The lowest BCUT2D eigenvalue weighted by molar-refractivity contribution is -0.112. The number of carbonyl (C=O) groups excluding carboxylic acids is 1. The van der Waals surface area contributed by atoms with Crippen LogP contribution in [0.25, 0.3) is 6.08 Å². The molecule has 116 valence electrons. The summed E-state index contributed by atoms with van der Waals surface area (Å²) in [7, 11) is 0. The lowest BCUT2D eigenvalue weighted by atomic mass is 10.1. The summed E-state index contributed by atoms with van der Waals surface area (Å²) >= 11 is 5.82. The van der Waals surface area contributed by atoms with Crippen LogP contribution in [0.4, 0.5) is 5.69 Å². The molecule has 2 aromatic carbocycles. The zero-order valence-corrected chi connectivity index (χ0v) is 13.5. The number of halogens is 1. The van der Waals surface area contributed by atoms with Crippen LogP contribution in [-0.4, -0.2) is 11.0 Å². The molecular weight excluding hydrogens is 312 g/mol. The first-order valence-corrected chi connectivity index (χ1v) is 7.27. The van der Waals surface area contributed by atoms with Crippen molar-refractivity contribution in [1.29, 1.82) is 5.26 Å². The third kappa shape index (κ3) is 4.12. The highest BCUT2D eigenvalue weighted by Gasteiger charge is 2.11. The van der Waals surface area contributed by atoms with Crippen molar-refractivity contribution in [3.63, 3.8) is 0 Å². The minimum atomic E-state index is -0.497. The monoisotopic (exact) mass is 326 g/mol. The predicted molar refractivity (Wildman–Crippen MR) is 91.3 cm³/mol. The van der Waals surface area contributed by atoms with E-state index in [4.69, 9.17) is 11.6 Å². The van der Waals surface area contributed by atoms with Gasteiger partial charge in [0.15, 0.2) is 0 Å². The van der Waals surface area contributed by atoms with E-state index in [-0.39, 0.29) is 16.3 Å². The molecule has 0 fully saturated rings. The molecule has 0 atom stereocenters. The summed E-state index contributed by atoms with van der Waals surface area (Å²) in [5.41, 5.74) is 3.18. The molecule has 0 saturated carbocycles. The van der Waals surface area contributed by atoms with E-state index in [1.54, 1.807) is 12.1 Å². The molecule has 2 N–H and O–H groups in total. The van der Waals surface area contributed by atoms with Gasteiger partial charge in [0.05, 0.1) is 5.02 Å². The first-order chi connectivity index (χ1) is 10.9. The molecule has 4 nitrogen and oxygen atoms in total. The van der Waals surface area contributed by atoms with Crippen LogP contribution in [0.5, 0.6) is 5.75 Å². The van der Waals surface area contributed by atoms with Gasteiger partial charge in [-0.05, 0) is 49.2 Å². The number of aromatic hydroxyl groups is 1. The van der Waals surface area contributed by atoms with Crippen LogP contribution in [0.2, 0.25) is 5.02 Å². The molecule has 0 bridgehead atoms. The molecule has 0 heterocycles. The first-order valence-electron chi connectivity index (χ1n) is 6.89. The van der Waals surface area contributed by atoms with E-state index in [0.717, 1.165) is 11.1 Å². The number of nitrogens with zero attached hydrogens (tertiary/aromatic N) is 1. The Hall–Kier alpha value is -2.77. The maximum absolute atomic E-state index is 12.3. The molecule has 2 aromatic rings. The number of nitriles is 1. The van der Waals surface area contributed by atoms with Crippen molar-refractivity contribution in [3.8, 4) is 11.8 Å². The van der Waals surface area contributed by atoms with Crippen molar-refractivity contribution in [2.45, 2.75) is 13.8 Å². The third-order valence-electron chi connectivity index (χ3n) is 3.28. The van der Waals surface area contributed by atoms with Gasteiger partial charge in [0.1, 0.15) is 17.4 Å². The van der Waals surface area contributed by atoms with Gasteiger partial charge < -0.3 is 10.4 Å². The lowest BCUT2D eigenvalue weighted by Gasteiger charge is -2.08. The average Bonchev–Trinajstić information content (AvgIpc) is 2.51. The molecule has 0 unspecified atom stereocenters. The molecule has 0 aliphatic carbocycles. The molecule has 5 heteroatoms. The number of anilines is 1. The highest BCUT2D eigenvalue weighted by molar-refractivity contribution is 6.32. The van der Waals surface area contributed by atoms with Crippen LogP contribution in [-0.2, 0) is 4.79 Å². The molecule has 0 radical (unpaired) electrons. The van der Waals surface area contributed by atoms with Gasteiger partial charge in [-0.15, -0.1) is 0 Å². The number of rotatable bonds is 3. The van der Waals surface area contributed by atoms with Crippen molar-refractivity contribution in [2.75, 3.05) is 5.32 Å². The Morgan fingerprint density at radius 3 is 2.61 bits per heavy atom. The van der Waals surface area contributed by atoms with E-state index in [1.807, 2.05) is 32.0 Å². The average molecular weight is 327 g/mol. The second-order valence-electron chi connectivity index (χ2n) is 5.15. The Labute approximate surface area is 139 Å². The summed E-state index contributed by atoms with van der Waals surface area (Å²) in [5, 5.41) is 21.5. The van der Waals surface area contributed by atoms with E-state index in [0.29, 0.717) is 11.3 Å². The molecule has 1 amide bonds. The zero-order valence-electron chi connectivity index (χ0n) is 12.7. The van der Waals surface area contributed by atoms with Gasteiger partial charge >= 0.3 is 0 Å². The standard InChI is InChI=1S/C18H15ClN2O2/c1-11-3-5-16(12(2)7-11)21-18(23)14(10-20)8-13-4-6-17(22)15(19)9-13/h3-9,22H,1-2H3,(H,21,23)/b14-8-. The number of amides is 1. The second kappa shape index (κ2) is 6.99. The van der Waals surface area contributed by atoms with Crippen LogP contribution < -0.4 is 5.32 Å². The van der Waals surface area contributed by atoms with Gasteiger partial charge in [-0.1, -0.05) is 35.4 Å². The van der Waals surface area contributed by atoms with Crippen molar-refractivity contribution in [1.82, 2.24) is 0 Å². The van der Waals surface area contributed by atoms with Crippen LogP contribution in [0.3, 0.4) is 0 Å². The smallest absolute Gasteiger partial charge is 0.266 e. The third-order valence-corrected chi connectivity index (χ3v) is 3.58. The van der Waals surface area contributed by atoms with Gasteiger partial charge in [-0.25, -0.2) is 0 Å². The van der Waals surface area contributed by atoms with Gasteiger partial charge in [0.25, 0.3) is 5.91 Å². The first kappa shape index (κ1) is 16.6. The van der Waals surface area contributed by atoms with E-state index in [9.17, 15) is 15.2 Å². The summed E-state index contributed by atoms with van der Waals surface area (Å²) in [4.78, 5) is 12.3. The number of phenolic OH excluding ortho intramolecular Hbond substituents is 1.